The lowest BCUT2D eigenvalue weighted by Crippen LogP contribution is -2.18. The van der Waals surface area contributed by atoms with Crippen molar-refractivity contribution >= 4 is 32.4 Å². The molecule has 0 saturated heterocycles. The highest BCUT2D eigenvalue weighted by Gasteiger charge is 2.22. The van der Waals surface area contributed by atoms with Crippen molar-refractivity contribution < 1.29 is 14.2 Å². The molecule has 5 heteroatoms. The van der Waals surface area contributed by atoms with Crippen LogP contribution in [0.2, 0.25) is 0 Å². The van der Waals surface area contributed by atoms with Gasteiger partial charge in [0, 0.05) is 28.8 Å². The van der Waals surface area contributed by atoms with Gasteiger partial charge in [0.1, 0.15) is 5.75 Å². The molecule has 0 aliphatic rings. The molecular formula is C34H29NO4. The lowest BCUT2D eigenvalue weighted by molar-refractivity contribution is 0.357. The molecule has 1 heterocycles. The van der Waals surface area contributed by atoms with Crippen LogP contribution in [0.3, 0.4) is 0 Å². The van der Waals surface area contributed by atoms with E-state index < -0.39 is 0 Å². The first-order valence-electron chi connectivity index (χ1n) is 12.8. The van der Waals surface area contributed by atoms with Gasteiger partial charge in [-0.2, -0.15) is 0 Å². The van der Waals surface area contributed by atoms with Crippen molar-refractivity contribution in [1.29, 1.82) is 0 Å². The number of methoxy groups -OCH3 is 3. The van der Waals surface area contributed by atoms with Crippen molar-refractivity contribution in [1.82, 2.24) is 4.57 Å². The zero-order chi connectivity index (χ0) is 27.3. The fraction of sp³-hybridized carbons (Fsp3) is 0.147. The Labute approximate surface area is 226 Å². The minimum absolute atomic E-state index is 0.103. The van der Waals surface area contributed by atoms with Crippen molar-refractivity contribution in [2.45, 2.75) is 6.92 Å². The summed E-state index contributed by atoms with van der Waals surface area (Å²) in [6.45, 7) is 1.95. The quantitative estimate of drug-likeness (QED) is 0.223. The van der Waals surface area contributed by atoms with E-state index >= 15 is 0 Å². The summed E-state index contributed by atoms with van der Waals surface area (Å²) in [5.74, 6) is 1.87. The molecule has 1 aromatic heterocycles. The van der Waals surface area contributed by atoms with Crippen LogP contribution in [0.25, 0.3) is 54.7 Å². The standard InChI is InChI=1S/C34H29NO4/c1-20-11-16-24-26-18-17-25-27(31(26)35(2)34(36)30(24)32(20)38-4)19-28(37-3)33(39-5)29(25)23-14-12-22(13-15-23)21-9-7-6-8-10-21/h6-19H,1-5H3. The summed E-state index contributed by atoms with van der Waals surface area (Å²) in [4.78, 5) is 13.7. The van der Waals surface area contributed by atoms with Crippen LogP contribution >= 0.6 is 0 Å². The number of rotatable bonds is 5. The summed E-state index contributed by atoms with van der Waals surface area (Å²) in [5, 5.41) is 4.30. The monoisotopic (exact) mass is 515 g/mol. The molecule has 0 spiro atoms. The van der Waals surface area contributed by atoms with E-state index in [1.165, 1.54) is 0 Å². The molecule has 6 aromatic rings. The summed E-state index contributed by atoms with van der Waals surface area (Å²) in [5.41, 5.74) is 5.86. The Morgan fingerprint density at radius 2 is 1.23 bits per heavy atom. The average Bonchev–Trinajstić information content (AvgIpc) is 2.98. The van der Waals surface area contributed by atoms with E-state index in [0.717, 1.165) is 54.9 Å². The maximum absolute atomic E-state index is 13.7. The Morgan fingerprint density at radius 1 is 0.615 bits per heavy atom. The second-order valence-corrected chi connectivity index (χ2v) is 9.69. The van der Waals surface area contributed by atoms with Crippen LogP contribution in [-0.4, -0.2) is 25.9 Å². The van der Waals surface area contributed by atoms with E-state index in [4.69, 9.17) is 14.2 Å². The van der Waals surface area contributed by atoms with Crippen LogP contribution in [0.4, 0.5) is 0 Å². The number of ether oxygens (including phenoxy) is 3. The third-order valence-corrected chi connectivity index (χ3v) is 7.62. The van der Waals surface area contributed by atoms with Crippen molar-refractivity contribution in [2.24, 2.45) is 7.05 Å². The van der Waals surface area contributed by atoms with Crippen LogP contribution < -0.4 is 19.8 Å². The molecule has 0 aliphatic heterocycles. The van der Waals surface area contributed by atoms with E-state index in [9.17, 15) is 4.79 Å². The number of hydrogen-bond acceptors (Lipinski definition) is 4. The first-order valence-corrected chi connectivity index (χ1v) is 12.8. The molecule has 0 aliphatic carbocycles. The SMILES string of the molecule is COc1cc2c(ccc3c4ccc(C)c(OC)c4c(=O)n(C)c23)c(-c2ccc(-c3ccccc3)cc2)c1OC. The largest absolute Gasteiger partial charge is 0.496 e. The number of aromatic nitrogens is 1. The first-order chi connectivity index (χ1) is 19.0. The van der Waals surface area contributed by atoms with E-state index in [2.05, 4.69) is 48.5 Å². The smallest absolute Gasteiger partial charge is 0.262 e. The highest BCUT2D eigenvalue weighted by atomic mass is 16.5. The Morgan fingerprint density at radius 3 is 1.90 bits per heavy atom. The minimum Gasteiger partial charge on any atom is -0.496 e. The third-order valence-electron chi connectivity index (χ3n) is 7.62. The molecular weight excluding hydrogens is 486 g/mol. The van der Waals surface area contributed by atoms with Gasteiger partial charge in [0.15, 0.2) is 11.5 Å². The second-order valence-electron chi connectivity index (χ2n) is 9.69. The molecule has 194 valence electrons. The van der Waals surface area contributed by atoms with Crippen molar-refractivity contribution in [3.63, 3.8) is 0 Å². The molecule has 0 atom stereocenters. The summed E-state index contributed by atoms with van der Waals surface area (Å²) < 4.78 is 19.1. The predicted octanol–water partition coefficient (Wildman–Crippen LogP) is 7.51. The highest BCUT2D eigenvalue weighted by molar-refractivity contribution is 6.19. The van der Waals surface area contributed by atoms with Crippen LogP contribution in [0, 0.1) is 6.92 Å². The van der Waals surface area contributed by atoms with Gasteiger partial charge < -0.3 is 18.8 Å². The molecule has 5 nitrogen and oxygen atoms in total. The summed E-state index contributed by atoms with van der Waals surface area (Å²) in [7, 11) is 6.72. The van der Waals surface area contributed by atoms with Crippen LogP contribution in [0.1, 0.15) is 5.56 Å². The zero-order valence-corrected chi connectivity index (χ0v) is 22.7. The van der Waals surface area contributed by atoms with Gasteiger partial charge in [-0.25, -0.2) is 0 Å². The number of pyridine rings is 1. The van der Waals surface area contributed by atoms with Gasteiger partial charge in [0.2, 0.25) is 0 Å². The van der Waals surface area contributed by atoms with Gasteiger partial charge in [-0.15, -0.1) is 0 Å². The lowest BCUT2D eigenvalue weighted by atomic mass is 9.92. The second kappa shape index (κ2) is 9.52. The van der Waals surface area contributed by atoms with E-state index in [1.54, 1.807) is 25.9 Å². The Balaban J connectivity index is 1.70. The normalized spacial score (nSPS) is 11.3. The predicted molar refractivity (Wildman–Crippen MR) is 159 cm³/mol. The fourth-order valence-electron chi connectivity index (χ4n) is 5.75. The summed E-state index contributed by atoms with van der Waals surface area (Å²) >= 11 is 0. The Kier molecular flexibility index (Phi) is 5.99. The molecule has 0 saturated carbocycles. The fourth-order valence-corrected chi connectivity index (χ4v) is 5.75. The van der Waals surface area contributed by atoms with Gasteiger partial charge in [-0.3, -0.25) is 4.79 Å². The molecule has 0 bridgehead atoms. The lowest BCUT2D eigenvalue weighted by Gasteiger charge is -2.20. The molecule has 39 heavy (non-hydrogen) atoms. The third kappa shape index (κ3) is 3.73. The molecule has 0 unspecified atom stereocenters. The van der Waals surface area contributed by atoms with Gasteiger partial charge in [0.25, 0.3) is 5.56 Å². The minimum atomic E-state index is -0.103. The van der Waals surface area contributed by atoms with E-state index in [1.807, 2.05) is 50.4 Å². The maximum atomic E-state index is 13.7. The molecule has 0 fully saturated rings. The van der Waals surface area contributed by atoms with Gasteiger partial charge in [-0.1, -0.05) is 78.9 Å². The number of aryl methyl sites for hydroxylation is 2. The van der Waals surface area contributed by atoms with Crippen LogP contribution in [0.5, 0.6) is 17.2 Å². The average molecular weight is 516 g/mol. The summed E-state index contributed by atoms with van der Waals surface area (Å²) in [6, 6.07) is 28.9. The topological polar surface area (TPSA) is 49.7 Å². The first kappa shape index (κ1) is 24.6. The van der Waals surface area contributed by atoms with Crippen LogP contribution in [0.15, 0.2) is 89.7 Å². The van der Waals surface area contributed by atoms with Crippen LogP contribution in [-0.2, 0) is 7.05 Å². The van der Waals surface area contributed by atoms with Crippen molar-refractivity contribution in [3.05, 3.63) is 101 Å². The molecule has 5 aromatic carbocycles. The van der Waals surface area contributed by atoms with E-state index in [-0.39, 0.29) is 5.56 Å². The molecule has 0 radical (unpaired) electrons. The Hall–Kier alpha value is -4.77. The molecule has 0 N–H and O–H groups in total. The van der Waals surface area contributed by atoms with Crippen molar-refractivity contribution in [2.75, 3.05) is 21.3 Å². The number of benzene rings is 5. The zero-order valence-electron chi connectivity index (χ0n) is 22.7. The Bertz CT molecular complexity index is 1940. The maximum Gasteiger partial charge on any atom is 0.262 e. The highest BCUT2D eigenvalue weighted by Crippen LogP contribution is 2.46. The van der Waals surface area contributed by atoms with Gasteiger partial charge in [-0.05, 0) is 40.6 Å². The summed E-state index contributed by atoms with van der Waals surface area (Å²) in [6.07, 6.45) is 0. The van der Waals surface area contributed by atoms with Gasteiger partial charge in [0.05, 0.1) is 32.2 Å². The molecule has 0 amide bonds. The van der Waals surface area contributed by atoms with E-state index in [0.29, 0.717) is 22.6 Å². The number of nitrogens with zero attached hydrogens (tertiary/aromatic N) is 1. The molecule has 6 rings (SSSR count). The number of fused-ring (bicyclic) bond motifs is 5. The van der Waals surface area contributed by atoms with Gasteiger partial charge >= 0.3 is 0 Å². The van der Waals surface area contributed by atoms with Crippen molar-refractivity contribution in [3.8, 4) is 39.5 Å². The number of hydrogen-bond donors (Lipinski definition) is 0.